The second-order valence-corrected chi connectivity index (χ2v) is 10.9. The number of halogens is 3. The maximum absolute atomic E-state index is 13.1. The molecule has 1 amide bonds. The smallest absolute Gasteiger partial charge is 0.477 e. The fourth-order valence-electron chi connectivity index (χ4n) is 5.28. The van der Waals surface area contributed by atoms with E-state index < -0.39 is 6.36 Å². The Bertz CT molecular complexity index is 1660. The molecule has 0 saturated carbocycles. The number of ether oxygens (including phenoxy) is 3. The molecule has 9 nitrogen and oxygen atoms in total. The molecule has 0 atom stereocenters. The van der Waals surface area contributed by atoms with Crippen molar-refractivity contribution in [2.45, 2.75) is 32.7 Å². The molecule has 1 aromatic heterocycles. The number of nitrogens with one attached hydrogen (secondary N) is 2. The number of aromatic nitrogens is 2. The van der Waals surface area contributed by atoms with Crippen LogP contribution in [-0.2, 0) is 17.7 Å². The molecule has 0 unspecified atom stereocenters. The molecule has 1 saturated heterocycles. The number of carbonyl (C=O) groups is 1. The van der Waals surface area contributed by atoms with Gasteiger partial charge in [-0.05, 0) is 85.5 Å². The van der Waals surface area contributed by atoms with Gasteiger partial charge in [-0.15, -0.1) is 13.2 Å². The van der Waals surface area contributed by atoms with Crippen LogP contribution in [0.2, 0.25) is 0 Å². The summed E-state index contributed by atoms with van der Waals surface area (Å²) in [4.78, 5) is 24.7. The first-order chi connectivity index (χ1) is 21.7. The van der Waals surface area contributed by atoms with E-state index in [4.69, 9.17) is 9.47 Å². The van der Waals surface area contributed by atoms with Crippen LogP contribution >= 0.6 is 0 Å². The first-order valence-electron chi connectivity index (χ1n) is 14.7. The predicted octanol–water partition coefficient (Wildman–Crippen LogP) is 6.50. The molecule has 0 bridgehead atoms. The summed E-state index contributed by atoms with van der Waals surface area (Å²) < 4.78 is 53.1. The molecule has 0 radical (unpaired) electrons. The number of hydrogen-bond donors (Lipinski definition) is 2. The van der Waals surface area contributed by atoms with Gasteiger partial charge in [-0.2, -0.15) is 4.98 Å². The number of alkyl halides is 3. The lowest BCUT2D eigenvalue weighted by Gasteiger charge is -2.26. The van der Waals surface area contributed by atoms with Gasteiger partial charge in [-0.1, -0.05) is 12.1 Å². The van der Waals surface area contributed by atoms with E-state index in [1.807, 2.05) is 19.1 Å². The van der Waals surface area contributed by atoms with E-state index in [1.54, 1.807) is 24.3 Å². The van der Waals surface area contributed by atoms with Gasteiger partial charge in [0.15, 0.2) is 0 Å². The van der Waals surface area contributed by atoms with Crippen molar-refractivity contribution in [2.24, 2.45) is 0 Å². The van der Waals surface area contributed by atoms with Crippen molar-refractivity contribution in [1.29, 1.82) is 0 Å². The number of carbonyl (C=O) groups excluding carboxylic acids is 1. The summed E-state index contributed by atoms with van der Waals surface area (Å²) in [6, 6.07) is 18.6. The highest BCUT2D eigenvalue weighted by atomic mass is 19.4. The lowest BCUT2D eigenvalue weighted by atomic mass is 10.0. The van der Waals surface area contributed by atoms with E-state index in [2.05, 4.69) is 36.3 Å². The highest BCUT2D eigenvalue weighted by molar-refractivity contribution is 6.04. The fourth-order valence-corrected chi connectivity index (χ4v) is 5.28. The summed E-state index contributed by atoms with van der Waals surface area (Å²) in [6.45, 7) is 6.48. The maximum atomic E-state index is 13.1. The molecule has 2 aliphatic rings. The highest BCUT2D eigenvalue weighted by Crippen LogP contribution is 2.35. The zero-order chi connectivity index (χ0) is 31.4. The largest absolute Gasteiger partial charge is 0.573 e. The number of morpholine rings is 1. The minimum absolute atomic E-state index is 0.230. The molecule has 45 heavy (non-hydrogen) atoms. The first-order valence-corrected chi connectivity index (χ1v) is 14.7. The molecular formula is C33H32F3N5O4. The number of rotatable bonds is 8. The third kappa shape index (κ3) is 7.70. The van der Waals surface area contributed by atoms with Gasteiger partial charge in [0.2, 0.25) is 11.8 Å². The fraction of sp³-hybridized carbons (Fsp3) is 0.303. The number of nitrogens with zero attached hydrogens (tertiary/aromatic N) is 3. The van der Waals surface area contributed by atoms with Crippen molar-refractivity contribution in [2.75, 3.05) is 43.5 Å². The zero-order valence-electron chi connectivity index (χ0n) is 24.6. The lowest BCUT2D eigenvalue weighted by Crippen LogP contribution is -2.35. The summed E-state index contributed by atoms with van der Waals surface area (Å²) in [5.41, 5.74) is 5.93. The van der Waals surface area contributed by atoms with Gasteiger partial charge in [0.25, 0.3) is 5.91 Å². The number of benzene rings is 3. The van der Waals surface area contributed by atoms with Gasteiger partial charge in [-0.3, -0.25) is 9.69 Å². The van der Waals surface area contributed by atoms with Crippen LogP contribution in [0.1, 0.15) is 33.5 Å². The van der Waals surface area contributed by atoms with Gasteiger partial charge in [0.1, 0.15) is 5.75 Å². The van der Waals surface area contributed by atoms with Crippen LogP contribution in [-0.4, -0.2) is 60.0 Å². The van der Waals surface area contributed by atoms with Crippen LogP contribution in [0, 0.1) is 6.92 Å². The second-order valence-electron chi connectivity index (χ2n) is 10.9. The molecule has 6 rings (SSSR count). The van der Waals surface area contributed by atoms with Crippen LogP contribution in [0.15, 0.2) is 66.7 Å². The Balaban J connectivity index is 1.16. The van der Waals surface area contributed by atoms with Gasteiger partial charge >= 0.3 is 6.36 Å². The molecule has 0 spiro atoms. The Morgan fingerprint density at radius 3 is 2.47 bits per heavy atom. The van der Waals surface area contributed by atoms with E-state index in [9.17, 15) is 18.0 Å². The van der Waals surface area contributed by atoms with Crippen molar-refractivity contribution >= 4 is 23.2 Å². The molecule has 3 heterocycles. The monoisotopic (exact) mass is 619 g/mol. The van der Waals surface area contributed by atoms with E-state index in [0.29, 0.717) is 41.4 Å². The van der Waals surface area contributed by atoms with E-state index >= 15 is 0 Å². The SMILES string of the molecule is Cc1ccc(CN2CCOCC2)cc1NC(=O)c1ccc(Nc2nc3c(c(-c4ccc(OC(F)(F)F)cc4)n2)CCCO3)cc1. The zero-order valence-corrected chi connectivity index (χ0v) is 24.6. The lowest BCUT2D eigenvalue weighted by molar-refractivity contribution is -0.274. The average Bonchev–Trinajstić information content (AvgIpc) is 3.03. The number of fused-ring (bicyclic) bond motifs is 1. The molecular weight excluding hydrogens is 587 g/mol. The van der Waals surface area contributed by atoms with Gasteiger partial charge in [0.05, 0.1) is 25.5 Å². The topological polar surface area (TPSA) is 97.8 Å². The molecule has 12 heteroatoms. The molecule has 234 valence electrons. The van der Waals surface area contributed by atoms with Crippen molar-refractivity contribution in [1.82, 2.24) is 14.9 Å². The van der Waals surface area contributed by atoms with Gasteiger partial charge < -0.3 is 24.8 Å². The van der Waals surface area contributed by atoms with E-state index in [1.165, 1.54) is 24.3 Å². The van der Waals surface area contributed by atoms with Crippen molar-refractivity contribution in [3.8, 4) is 22.9 Å². The third-order valence-corrected chi connectivity index (χ3v) is 7.60. The molecule has 4 aromatic rings. The Morgan fingerprint density at radius 1 is 0.978 bits per heavy atom. The number of hydrogen-bond acceptors (Lipinski definition) is 8. The maximum Gasteiger partial charge on any atom is 0.573 e. The highest BCUT2D eigenvalue weighted by Gasteiger charge is 2.31. The number of anilines is 3. The predicted molar refractivity (Wildman–Crippen MR) is 163 cm³/mol. The Labute approximate surface area is 258 Å². The molecule has 3 aromatic carbocycles. The second kappa shape index (κ2) is 13.1. The summed E-state index contributed by atoms with van der Waals surface area (Å²) >= 11 is 0. The summed E-state index contributed by atoms with van der Waals surface area (Å²) in [5, 5.41) is 6.19. The standard InChI is InChI=1S/C33H32F3N5O4/c1-21-4-5-22(20-41-14-17-43-18-15-41)19-28(21)38-30(42)24-6-10-25(11-7-24)37-32-39-29(27-3-2-16-44-31(27)40-32)23-8-12-26(13-9-23)45-33(34,35)36/h4-13,19H,2-3,14-18,20H2,1H3,(H,38,42)(H,37,39,40). The molecule has 0 aliphatic carbocycles. The molecule has 1 fully saturated rings. The minimum Gasteiger partial charge on any atom is -0.477 e. The van der Waals surface area contributed by atoms with Crippen molar-refractivity contribution in [3.63, 3.8) is 0 Å². The minimum atomic E-state index is -4.77. The van der Waals surface area contributed by atoms with Crippen LogP contribution in [0.3, 0.4) is 0 Å². The third-order valence-electron chi connectivity index (χ3n) is 7.60. The normalized spacial score (nSPS) is 15.1. The Kier molecular flexibility index (Phi) is 8.85. The quantitative estimate of drug-likeness (QED) is 0.231. The van der Waals surface area contributed by atoms with E-state index in [0.717, 1.165) is 61.6 Å². The summed E-state index contributed by atoms with van der Waals surface area (Å²) in [5.74, 6) is 0.133. The van der Waals surface area contributed by atoms with Crippen molar-refractivity contribution < 1.29 is 32.2 Å². The number of aryl methyl sites for hydroxylation is 1. The number of amides is 1. The molecule has 2 N–H and O–H groups in total. The first kappa shape index (κ1) is 30.4. The van der Waals surface area contributed by atoms with Crippen LogP contribution in [0.4, 0.5) is 30.5 Å². The van der Waals surface area contributed by atoms with Crippen LogP contribution in [0.5, 0.6) is 11.6 Å². The van der Waals surface area contributed by atoms with Gasteiger partial charge in [0, 0.05) is 47.7 Å². The van der Waals surface area contributed by atoms with Crippen molar-refractivity contribution in [3.05, 3.63) is 89.0 Å². The molecule has 2 aliphatic heterocycles. The van der Waals surface area contributed by atoms with Crippen LogP contribution in [0.25, 0.3) is 11.3 Å². The summed E-state index contributed by atoms with van der Waals surface area (Å²) in [7, 11) is 0. The van der Waals surface area contributed by atoms with E-state index in [-0.39, 0.29) is 17.6 Å². The average molecular weight is 620 g/mol. The summed E-state index contributed by atoms with van der Waals surface area (Å²) in [6.07, 6.45) is -3.33. The van der Waals surface area contributed by atoms with Gasteiger partial charge in [-0.25, -0.2) is 4.98 Å². The van der Waals surface area contributed by atoms with Crippen LogP contribution < -0.4 is 20.1 Å². The Morgan fingerprint density at radius 2 is 1.73 bits per heavy atom. The Hall–Kier alpha value is -4.68.